The van der Waals surface area contributed by atoms with E-state index in [-0.39, 0.29) is 5.57 Å². The van der Waals surface area contributed by atoms with E-state index < -0.39 is 17.8 Å². The van der Waals surface area contributed by atoms with E-state index in [0.29, 0.717) is 29.4 Å². The third-order valence-electron chi connectivity index (χ3n) is 6.02. The third-order valence-corrected chi connectivity index (χ3v) is 7.71. The molecule has 0 unspecified atom stereocenters. The summed E-state index contributed by atoms with van der Waals surface area (Å²) in [6, 6.07) is 13.9. The van der Waals surface area contributed by atoms with Gasteiger partial charge in [0.25, 0.3) is 11.8 Å². The number of hydrogen-bond acceptors (Lipinski definition) is 5. The van der Waals surface area contributed by atoms with Crippen LogP contribution in [0.25, 0.3) is 6.08 Å². The van der Waals surface area contributed by atoms with E-state index in [0.717, 1.165) is 24.1 Å². The van der Waals surface area contributed by atoms with E-state index in [1.165, 1.54) is 24.3 Å². The van der Waals surface area contributed by atoms with Gasteiger partial charge in [0.05, 0.1) is 16.4 Å². The molecule has 0 aromatic heterocycles. The van der Waals surface area contributed by atoms with Crippen molar-refractivity contribution in [2.45, 2.75) is 27.4 Å². The van der Waals surface area contributed by atoms with Crippen LogP contribution in [0.1, 0.15) is 27.8 Å². The fourth-order valence-electron chi connectivity index (χ4n) is 3.84. The van der Waals surface area contributed by atoms with Gasteiger partial charge in [-0.25, -0.2) is 9.69 Å². The van der Waals surface area contributed by atoms with E-state index in [1.807, 2.05) is 13.0 Å². The number of halogens is 2. The molecule has 3 aromatic carbocycles. The Hall–Kier alpha value is -3.18. The smallest absolute Gasteiger partial charge is 0.335 e. The van der Waals surface area contributed by atoms with Gasteiger partial charge in [-0.3, -0.25) is 14.9 Å². The lowest BCUT2D eigenvalue weighted by molar-refractivity contribution is -0.122. The van der Waals surface area contributed by atoms with Crippen LogP contribution in [0, 0.1) is 24.3 Å². The molecule has 4 rings (SSSR count). The number of hydrogen-bond donors (Lipinski definition) is 1. The molecule has 0 atom stereocenters. The summed E-state index contributed by atoms with van der Waals surface area (Å²) in [7, 11) is 1.53. The first-order chi connectivity index (χ1) is 17.6. The van der Waals surface area contributed by atoms with Gasteiger partial charge in [-0.15, -0.1) is 0 Å². The van der Waals surface area contributed by atoms with Crippen LogP contribution >= 0.6 is 38.5 Å². The molecule has 1 fully saturated rings. The summed E-state index contributed by atoms with van der Waals surface area (Å²) in [6.45, 7) is 6.32. The van der Waals surface area contributed by atoms with Crippen LogP contribution in [0.2, 0.25) is 0 Å². The van der Waals surface area contributed by atoms with Gasteiger partial charge in [0.1, 0.15) is 12.2 Å². The Bertz CT molecular complexity index is 1470. The number of nitrogens with one attached hydrogen (secondary N) is 1. The highest BCUT2D eigenvalue weighted by Crippen LogP contribution is 2.36. The zero-order chi connectivity index (χ0) is 26.9. The Labute approximate surface area is 237 Å². The standard InChI is InChI=1S/C28H24BrIN2O5/c1-15-5-6-18(9-16(15)2)14-37-25-23(30)12-19(13-24(25)36-4)11-21-26(33)31-28(35)32(27(21)34)20-7-8-22(29)17(3)10-20/h5-13H,14H2,1-4H3,(H,31,33,35)/b21-11-. The summed E-state index contributed by atoms with van der Waals surface area (Å²) in [4.78, 5) is 39.4. The molecule has 1 heterocycles. The quantitative estimate of drug-likeness (QED) is 0.190. The Kier molecular flexibility index (Phi) is 8.03. The molecular formula is C28H24BrIN2O5. The minimum atomic E-state index is -0.795. The van der Waals surface area contributed by atoms with Crippen LogP contribution in [0.5, 0.6) is 11.5 Å². The molecule has 1 N–H and O–H groups in total. The number of amides is 4. The minimum Gasteiger partial charge on any atom is -0.493 e. The second kappa shape index (κ2) is 11.1. The van der Waals surface area contributed by atoms with E-state index in [1.54, 1.807) is 30.3 Å². The van der Waals surface area contributed by atoms with Crippen molar-refractivity contribution < 1.29 is 23.9 Å². The first-order valence-corrected chi connectivity index (χ1v) is 13.2. The summed E-state index contributed by atoms with van der Waals surface area (Å²) >= 11 is 5.54. The fourth-order valence-corrected chi connectivity index (χ4v) is 4.87. The summed E-state index contributed by atoms with van der Waals surface area (Å²) in [5.41, 5.74) is 5.03. The Morgan fingerprint density at radius 3 is 2.41 bits per heavy atom. The van der Waals surface area contributed by atoms with Crippen molar-refractivity contribution in [3.05, 3.63) is 90.0 Å². The normalized spacial score (nSPS) is 14.7. The lowest BCUT2D eigenvalue weighted by Gasteiger charge is -2.26. The number of methoxy groups -OCH3 is 1. The molecular weight excluding hydrogens is 651 g/mol. The number of ether oxygens (including phenoxy) is 2. The van der Waals surface area contributed by atoms with E-state index in [9.17, 15) is 14.4 Å². The number of barbiturate groups is 1. The van der Waals surface area contributed by atoms with Gasteiger partial charge >= 0.3 is 6.03 Å². The number of rotatable bonds is 6. The van der Waals surface area contributed by atoms with Crippen molar-refractivity contribution in [2.75, 3.05) is 12.0 Å². The number of carbonyl (C=O) groups excluding carboxylic acids is 3. The summed E-state index contributed by atoms with van der Waals surface area (Å²) in [5, 5.41) is 2.25. The van der Waals surface area contributed by atoms with Gasteiger partial charge in [-0.1, -0.05) is 34.1 Å². The maximum Gasteiger partial charge on any atom is 0.335 e. The van der Waals surface area contributed by atoms with Crippen LogP contribution in [0.4, 0.5) is 10.5 Å². The van der Waals surface area contributed by atoms with Gasteiger partial charge in [0, 0.05) is 4.47 Å². The Morgan fingerprint density at radius 2 is 1.73 bits per heavy atom. The average molecular weight is 675 g/mol. The number of benzene rings is 3. The van der Waals surface area contributed by atoms with Gasteiger partial charge in [-0.2, -0.15) is 0 Å². The van der Waals surface area contributed by atoms with Crippen molar-refractivity contribution in [2.24, 2.45) is 0 Å². The number of anilines is 1. The van der Waals surface area contributed by atoms with Gasteiger partial charge in [0.2, 0.25) is 0 Å². The van der Waals surface area contributed by atoms with E-state index >= 15 is 0 Å². The van der Waals surface area contributed by atoms with E-state index in [4.69, 9.17) is 9.47 Å². The largest absolute Gasteiger partial charge is 0.493 e. The molecule has 9 heteroatoms. The number of aryl methyl sites for hydroxylation is 3. The summed E-state index contributed by atoms with van der Waals surface area (Å²) < 4.78 is 13.2. The zero-order valence-electron chi connectivity index (χ0n) is 20.6. The highest BCUT2D eigenvalue weighted by atomic mass is 127. The van der Waals surface area contributed by atoms with Gasteiger partial charge in [-0.05, 0) is 108 Å². The lowest BCUT2D eigenvalue weighted by Crippen LogP contribution is -2.54. The van der Waals surface area contributed by atoms with Crippen molar-refractivity contribution >= 4 is 68.1 Å². The molecule has 1 saturated heterocycles. The van der Waals surface area contributed by atoms with Crippen LogP contribution in [-0.2, 0) is 16.2 Å². The molecule has 190 valence electrons. The molecule has 37 heavy (non-hydrogen) atoms. The van der Waals surface area contributed by atoms with Crippen molar-refractivity contribution in [3.8, 4) is 11.5 Å². The number of nitrogens with zero attached hydrogens (tertiary/aromatic N) is 1. The first kappa shape index (κ1) is 26.9. The second-order valence-electron chi connectivity index (χ2n) is 8.63. The second-order valence-corrected chi connectivity index (χ2v) is 10.6. The zero-order valence-corrected chi connectivity index (χ0v) is 24.4. The summed E-state index contributed by atoms with van der Waals surface area (Å²) in [5.74, 6) is -0.448. The van der Waals surface area contributed by atoms with Crippen LogP contribution in [0.15, 0.2) is 58.6 Å². The Balaban J connectivity index is 1.64. The number of carbonyl (C=O) groups is 3. The fraction of sp³-hybridized carbons (Fsp3) is 0.179. The maximum atomic E-state index is 13.3. The van der Waals surface area contributed by atoms with Crippen LogP contribution in [0.3, 0.4) is 0 Å². The predicted octanol–water partition coefficient (Wildman–Crippen LogP) is 6.23. The van der Waals surface area contributed by atoms with Crippen molar-refractivity contribution in [3.63, 3.8) is 0 Å². The molecule has 3 aromatic rings. The molecule has 0 bridgehead atoms. The average Bonchev–Trinajstić information content (AvgIpc) is 2.85. The summed E-state index contributed by atoms with van der Waals surface area (Å²) in [6.07, 6.45) is 1.45. The monoisotopic (exact) mass is 674 g/mol. The molecule has 7 nitrogen and oxygen atoms in total. The topological polar surface area (TPSA) is 84.9 Å². The molecule has 0 aliphatic carbocycles. The molecule has 1 aliphatic heterocycles. The number of urea groups is 1. The molecule has 1 aliphatic rings. The van der Waals surface area contributed by atoms with Crippen LogP contribution in [-0.4, -0.2) is 25.0 Å². The molecule has 0 saturated carbocycles. The molecule has 4 amide bonds. The first-order valence-electron chi connectivity index (χ1n) is 11.3. The minimum absolute atomic E-state index is 0.165. The van der Waals surface area contributed by atoms with Gasteiger partial charge < -0.3 is 9.47 Å². The number of imide groups is 2. The molecule has 0 radical (unpaired) electrons. The highest BCUT2D eigenvalue weighted by Gasteiger charge is 2.37. The highest BCUT2D eigenvalue weighted by molar-refractivity contribution is 14.1. The Morgan fingerprint density at radius 1 is 0.973 bits per heavy atom. The maximum absolute atomic E-state index is 13.3. The predicted molar refractivity (Wildman–Crippen MR) is 154 cm³/mol. The van der Waals surface area contributed by atoms with Gasteiger partial charge in [0.15, 0.2) is 11.5 Å². The van der Waals surface area contributed by atoms with Crippen molar-refractivity contribution in [1.29, 1.82) is 0 Å². The third kappa shape index (κ3) is 5.72. The van der Waals surface area contributed by atoms with Crippen molar-refractivity contribution in [1.82, 2.24) is 5.32 Å². The lowest BCUT2D eigenvalue weighted by atomic mass is 10.1. The molecule has 0 spiro atoms. The SMILES string of the molecule is COc1cc(/C=C2/C(=O)NC(=O)N(c3ccc(Br)c(C)c3)C2=O)cc(I)c1OCc1ccc(C)c(C)c1. The van der Waals surface area contributed by atoms with E-state index in [2.05, 4.69) is 69.8 Å². The van der Waals surface area contributed by atoms with Crippen LogP contribution < -0.4 is 19.7 Å².